The smallest absolute Gasteiger partial charge is 0.205 e. The van der Waals surface area contributed by atoms with Crippen LogP contribution < -0.4 is 4.72 Å². The highest BCUT2D eigenvalue weighted by atomic mass is 35.5. The van der Waals surface area contributed by atoms with Crippen LogP contribution in [0.5, 0.6) is 0 Å². The Balaban J connectivity index is 2.61. The van der Waals surface area contributed by atoms with Gasteiger partial charge in [-0.25, -0.2) is 4.72 Å². The minimum absolute atomic E-state index is 0.304. The van der Waals surface area contributed by atoms with Crippen molar-refractivity contribution in [2.24, 2.45) is 5.92 Å². The van der Waals surface area contributed by atoms with E-state index in [-0.39, 0.29) is 0 Å². The summed E-state index contributed by atoms with van der Waals surface area (Å²) in [5.74, 6) is 0.842. The molecule has 1 atom stereocenters. The van der Waals surface area contributed by atoms with Crippen LogP contribution in [0.2, 0.25) is 0 Å². The molecule has 0 aromatic rings. The topological polar surface area (TPSA) is 49.4 Å². The van der Waals surface area contributed by atoms with E-state index in [4.69, 9.17) is 11.6 Å². The summed E-state index contributed by atoms with van der Waals surface area (Å²) in [5, 5.41) is 0. The first-order valence-corrected chi connectivity index (χ1v) is 6.32. The molecule has 1 heterocycles. The predicted octanol–water partition coefficient (Wildman–Crippen LogP) is 0.401. The maximum atomic E-state index is 11.4. The van der Waals surface area contributed by atoms with Gasteiger partial charge < -0.3 is 0 Å². The molecule has 1 rings (SSSR count). The molecule has 0 aliphatic carbocycles. The van der Waals surface area contributed by atoms with Crippen molar-refractivity contribution in [3.05, 3.63) is 0 Å². The lowest BCUT2D eigenvalue weighted by Crippen LogP contribution is -2.45. The van der Waals surface area contributed by atoms with E-state index in [0.29, 0.717) is 24.9 Å². The van der Waals surface area contributed by atoms with Crippen LogP contribution in [0.3, 0.4) is 0 Å². The van der Waals surface area contributed by atoms with E-state index >= 15 is 0 Å². The maximum Gasteiger partial charge on any atom is 0.279 e. The Kier molecular flexibility index (Phi) is 3.97. The van der Waals surface area contributed by atoms with Crippen molar-refractivity contribution in [2.45, 2.75) is 12.8 Å². The molecule has 0 aromatic heterocycles. The lowest BCUT2D eigenvalue weighted by atomic mass is 10.0. The molecule has 0 bridgehead atoms. The lowest BCUT2D eigenvalue weighted by molar-refractivity contribution is 0.281. The normalized spacial score (nSPS) is 26.2. The summed E-state index contributed by atoms with van der Waals surface area (Å²) >= 11 is 5.70. The van der Waals surface area contributed by atoms with Crippen molar-refractivity contribution in [3.63, 3.8) is 0 Å². The summed E-state index contributed by atoms with van der Waals surface area (Å²) in [7, 11) is -1.81. The van der Waals surface area contributed by atoms with E-state index in [0.717, 1.165) is 12.8 Å². The van der Waals surface area contributed by atoms with E-state index in [1.807, 2.05) is 0 Å². The average Bonchev–Trinajstić information content (AvgIpc) is 2.18. The van der Waals surface area contributed by atoms with Crippen LogP contribution in [-0.2, 0) is 10.2 Å². The first kappa shape index (κ1) is 11.2. The van der Waals surface area contributed by atoms with Crippen LogP contribution in [0.4, 0.5) is 0 Å². The number of piperidine rings is 1. The molecule has 1 aliphatic heterocycles. The fourth-order valence-corrected chi connectivity index (χ4v) is 2.79. The zero-order chi connectivity index (χ0) is 9.90. The van der Waals surface area contributed by atoms with E-state index in [1.54, 1.807) is 0 Å². The number of alkyl halides is 1. The molecule has 1 unspecified atom stereocenters. The van der Waals surface area contributed by atoms with E-state index in [1.165, 1.54) is 11.4 Å². The SMILES string of the molecule is CNS(=O)(=O)N1CCCC(CCl)C1. The van der Waals surface area contributed by atoms with Crippen molar-refractivity contribution in [1.29, 1.82) is 0 Å². The second-order valence-electron chi connectivity index (χ2n) is 3.23. The standard InChI is InChI=1S/C7H15ClN2O2S/c1-9-13(11,12)10-4-2-3-7(5-8)6-10/h7,9H,2-6H2,1H3. The Hall–Kier alpha value is 0.160. The number of nitrogens with zero attached hydrogens (tertiary/aromatic N) is 1. The van der Waals surface area contributed by atoms with Gasteiger partial charge in [-0.15, -0.1) is 11.6 Å². The molecule has 4 nitrogen and oxygen atoms in total. The van der Waals surface area contributed by atoms with Crippen LogP contribution in [-0.4, -0.2) is 38.7 Å². The third-order valence-electron chi connectivity index (χ3n) is 2.30. The fourth-order valence-electron chi connectivity index (χ4n) is 1.50. The fraction of sp³-hybridized carbons (Fsp3) is 1.00. The van der Waals surface area contributed by atoms with Gasteiger partial charge in [0.25, 0.3) is 10.2 Å². The van der Waals surface area contributed by atoms with Gasteiger partial charge >= 0.3 is 0 Å². The van der Waals surface area contributed by atoms with E-state index in [9.17, 15) is 8.42 Å². The highest BCUT2D eigenvalue weighted by Gasteiger charge is 2.26. The molecular weight excluding hydrogens is 212 g/mol. The van der Waals surface area contributed by atoms with Crippen LogP contribution >= 0.6 is 11.6 Å². The van der Waals surface area contributed by atoms with Crippen molar-refractivity contribution in [3.8, 4) is 0 Å². The highest BCUT2D eigenvalue weighted by Crippen LogP contribution is 2.19. The van der Waals surface area contributed by atoms with Crippen LogP contribution in [0.15, 0.2) is 0 Å². The van der Waals surface area contributed by atoms with Gasteiger partial charge in [0, 0.05) is 26.0 Å². The van der Waals surface area contributed by atoms with Crippen molar-refractivity contribution in [2.75, 3.05) is 26.0 Å². The van der Waals surface area contributed by atoms with Gasteiger partial charge in [0.2, 0.25) is 0 Å². The minimum atomic E-state index is -3.24. The van der Waals surface area contributed by atoms with Gasteiger partial charge in [-0.3, -0.25) is 0 Å². The number of halogens is 1. The zero-order valence-electron chi connectivity index (χ0n) is 7.66. The molecule has 0 saturated carbocycles. The Morgan fingerprint density at radius 2 is 2.31 bits per heavy atom. The number of hydrogen-bond donors (Lipinski definition) is 1. The van der Waals surface area contributed by atoms with E-state index in [2.05, 4.69) is 4.72 Å². The number of rotatable bonds is 3. The van der Waals surface area contributed by atoms with Crippen molar-refractivity contribution >= 4 is 21.8 Å². The van der Waals surface area contributed by atoms with Crippen molar-refractivity contribution < 1.29 is 8.42 Å². The van der Waals surface area contributed by atoms with Crippen molar-refractivity contribution in [1.82, 2.24) is 9.03 Å². The number of hydrogen-bond acceptors (Lipinski definition) is 2. The third-order valence-corrected chi connectivity index (χ3v) is 4.26. The first-order chi connectivity index (χ1) is 6.10. The Bertz CT molecular complexity index is 255. The Labute approximate surface area is 84.4 Å². The van der Waals surface area contributed by atoms with Gasteiger partial charge in [-0.2, -0.15) is 12.7 Å². The first-order valence-electron chi connectivity index (χ1n) is 4.34. The van der Waals surface area contributed by atoms with Gasteiger partial charge in [0.05, 0.1) is 0 Å². The summed E-state index contributed by atoms with van der Waals surface area (Å²) in [4.78, 5) is 0. The van der Waals surface area contributed by atoms with Crippen LogP contribution in [0, 0.1) is 5.92 Å². The van der Waals surface area contributed by atoms with E-state index < -0.39 is 10.2 Å². The summed E-state index contributed by atoms with van der Waals surface area (Å²) in [6.07, 6.45) is 1.93. The van der Waals surface area contributed by atoms with Gasteiger partial charge in [-0.1, -0.05) is 0 Å². The summed E-state index contributed by atoms with van der Waals surface area (Å²) < 4.78 is 26.5. The lowest BCUT2D eigenvalue weighted by Gasteiger charge is -2.30. The quantitative estimate of drug-likeness (QED) is 0.709. The maximum absolute atomic E-state index is 11.4. The largest absolute Gasteiger partial charge is 0.279 e. The monoisotopic (exact) mass is 226 g/mol. The highest BCUT2D eigenvalue weighted by molar-refractivity contribution is 7.87. The second-order valence-corrected chi connectivity index (χ2v) is 5.41. The second kappa shape index (κ2) is 4.59. The van der Waals surface area contributed by atoms with Crippen LogP contribution in [0.1, 0.15) is 12.8 Å². The van der Waals surface area contributed by atoms with Gasteiger partial charge in [-0.05, 0) is 18.8 Å². The summed E-state index contributed by atoms with van der Waals surface area (Å²) in [6.45, 7) is 1.16. The van der Waals surface area contributed by atoms with Gasteiger partial charge in [0.1, 0.15) is 0 Å². The molecule has 1 N–H and O–H groups in total. The molecule has 13 heavy (non-hydrogen) atoms. The number of nitrogens with one attached hydrogen (secondary N) is 1. The summed E-state index contributed by atoms with van der Waals surface area (Å²) in [6, 6.07) is 0. The molecule has 0 spiro atoms. The third kappa shape index (κ3) is 2.80. The molecule has 0 aromatic carbocycles. The molecule has 1 fully saturated rings. The molecule has 6 heteroatoms. The minimum Gasteiger partial charge on any atom is -0.205 e. The van der Waals surface area contributed by atoms with Gasteiger partial charge in [0.15, 0.2) is 0 Å². The molecule has 1 aliphatic rings. The van der Waals surface area contributed by atoms with Crippen LogP contribution in [0.25, 0.3) is 0 Å². The predicted molar refractivity (Wildman–Crippen MR) is 53.0 cm³/mol. The zero-order valence-corrected chi connectivity index (χ0v) is 9.24. The molecule has 78 valence electrons. The molecular formula is C7H15ClN2O2S. The molecule has 1 saturated heterocycles. The Morgan fingerprint density at radius 1 is 1.62 bits per heavy atom. The Morgan fingerprint density at radius 3 is 2.85 bits per heavy atom. The molecule has 0 radical (unpaired) electrons. The molecule has 0 amide bonds. The average molecular weight is 227 g/mol. The summed E-state index contributed by atoms with van der Waals surface area (Å²) in [5.41, 5.74) is 0.